The molecule has 0 aliphatic carbocycles. The van der Waals surface area contributed by atoms with Crippen LogP contribution in [0.25, 0.3) is 111 Å². The molecule has 10 aromatic carbocycles. The predicted octanol–water partition coefficient (Wildman–Crippen LogP) is 14.4. The van der Waals surface area contributed by atoms with E-state index >= 15 is 0 Å². The number of hydrogen-bond donors (Lipinski definition) is 0. The van der Waals surface area contributed by atoms with E-state index in [0.717, 1.165) is 49.7 Å². The first-order valence-electron chi connectivity index (χ1n) is 20.1. The minimum atomic E-state index is 0.630. The molecule has 11 rings (SSSR count). The molecule has 0 atom stereocenters. The Hall–Kier alpha value is -8.26. The highest BCUT2D eigenvalue weighted by molar-refractivity contribution is 6.24. The highest BCUT2D eigenvalue weighted by atomic mass is 15.0. The Bertz CT molecular complexity index is 3420. The third-order valence-corrected chi connectivity index (χ3v) is 11.5. The minimum absolute atomic E-state index is 0.630. The van der Waals surface area contributed by atoms with Crippen LogP contribution >= 0.6 is 0 Å². The summed E-state index contributed by atoms with van der Waals surface area (Å²) in [5, 5.41) is 18.8. The molecule has 1 heterocycles. The number of benzene rings is 10. The molecule has 1 aromatic heterocycles. The van der Waals surface area contributed by atoms with Crippen molar-refractivity contribution in [3.8, 4) is 73.6 Å². The molecule has 4 nitrogen and oxygen atoms in total. The summed E-state index contributed by atoms with van der Waals surface area (Å²) in [6, 6.07) is 74.5. The molecule has 0 N–H and O–H groups in total. The maximum absolute atomic E-state index is 9.35. The van der Waals surface area contributed by atoms with E-state index in [-0.39, 0.29) is 0 Å². The third kappa shape index (κ3) is 6.23. The normalized spacial score (nSPS) is 11.3. The van der Waals surface area contributed by atoms with Gasteiger partial charge < -0.3 is 0 Å². The van der Waals surface area contributed by atoms with Gasteiger partial charge in [-0.15, -0.1) is 0 Å². The van der Waals surface area contributed by atoms with Crippen LogP contribution < -0.4 is 0 Å². The number of nitriles is 1. The average molecular weight is 763 g/mol. The van der Waals surface area contributed by atoms with E-state index in [2.05, 4.69) is 133 Å². The lowest BCUT2D eigenvalue weighted by Gasteiger charge is -2.17. The molecule has 4 heteroatoms. The lowest BCUT2D eigenvalue weighted by atomic mass is 9.87. The van der Waals surface area contributed by atoms with E-state index in [1.54, 1.807) is 0 Å². The highest BCUT2D eigenvalue weighted by Gasteiger charge is 2.17. The molecular weight excluding hydrogens is 729 g/mol. The van der Waals surface area contributed by atoms with Gasteiger partial charge in [-0.05, 0) is 113 Å². The third-order valence-electron chi connectivity index (χ3n) is 11.5. The Balaban J connectivity index is 1.03. The zero-order valence-electron chi connectivity index (χ0n) is 32.4. The molecule has 11 aromatic rings. The van der Waals surface area contributed by atoms with E-state index in [1.807, 2.05) is 78.9 Å². The average Bonchev–Trinajstić information content (AvgIpc) is 3.33. The van der Waals surface area contributed by atoms with Crippen molar-refractivity contribution in [3.05, 3.63) is 212 Å². The highest BCUT2D eigenvalue weighted by Crippen LogP contribution is 2.42. The molecule has 0 fully saturated rings. The fraction of sp³-hybridized carbons (Fsp3) is 0. The van der Waals surface area contributed by atoms with Gasteiger partial charge in [0.25, 0.3) is 0 Å². The first-order valence-corrected chi connectivity index (χ1v) is 20.1. The Morgan fingerprint density at radius 2 is 0.733 bits per heavy atom. The number of aromatic nitrogens is 3. The van der Waals surface area contributed by atoms with Crippen molar-refractivity contribution in [1.29, 1.82) is 5.26 Å². The van der Waals surface area contributed by atoms with Crippen LogP contribution in [0.1, 0.15) is 5.56 Å². The molecule has 0 bridgehead atoms. The van der Waals surface area contributed by atoms with E-state index < -0.39 is 0 Å². The summed E-state index contributed by atoms with van der Waals surface area (Å²) in [6.07, 6.45) is 0. The van der Waals surface area contributed by atoms with Crippen molar-refractivity contribution in [1.82, 2.24) is 15.0 Å². The van der Waals surface area contributed by atoms with E-state index in [9.17, 15) is 5.26 Å². The van der Waals surface area contributed by atoms with Gasteiger partial charge in [0.1, 0.15) is 0 Å². The second-order valence-electron chi connectivity index (χ2n) is 15.1. The van der Waals surface area contributed by atoms with Crippen LogP contribution in [0.4, 0.5) is 0 Å². The van der Waals surface area contributed by atoms with Crippen LogP contribution in [0.5, 0.6) is 0 Å². The molecule has 0 aliphatic heterocycles. The molecule has 0 radical (unpaired) electrons. The van der Waals surface area contributed by atoms with E-state index in [0.29, 0.717) is 23.0 Å². The van der Waals surface area contributed by atoms with Crippen molar-refractivity contribution < 1.29 is 0 Å². The number of fused-ring (bicyclic) bond motifs is 6. The van der Waals surface area contributed by atoms with Crippen molar-refractivity contribution in [3.63, 3.8) is 0 Å². The summed E-state index contributed by atoms with van der Waals surface area (Å²) in [4.78, 5) is 15.0. The largest absolute Gasteiger partial charge is 0.208 e. The van der Waals surface area contributed by atoms with Gasteiger partial charge in [-0.3, -0.25) is 0 Å². The fourth-order valence-electron chi connectivity index (χ4n) is 8.53. The Morgan fingerprint density at radius 3 is 1.33 bits per heavy atom. The summed E-state index contributed by atoms with van der Waals surface area (Å²) >= 11 is 0. The van der Waals surface area contributed by atoms with Crippen LogP contribution in [0.2, 0.25) is 0 Å². The first kappa shape index (κ1) is 34.9. The van der Waals surface area contributed by atoms with Gasteiger partial charge >= 0.3 is 0 Å². The summed E-state index contributed by atoms with van der Waals surface area (Å²) in [7, 11) is 0. The topological polar surface area (TPSA) is 62.5 Å². The summed E-state index contributed by atoms with van der Waals surface area (Å²) in [5.74, 6) is 1.91. The number of rotatable bonds is 6. The van der Waals surface area contributed by atoms with Gasteiger partial charge in [-0.25, -0.2) is 15.0 Å². The van der Waals surface area contributed by atoms with E-state index in [1.165, 1.54) is 43.4 Å². The summed E-state index contributed by atoms with van der Waals surface area (Å²) in [5.41, 5.74) is 10.4. The molecule has 0 unspecified atom stereocenters. The number of hydrogen-bond acceptors (Lipinski definition) is 4. The van der Waals surface area contributed by atoms with Crippen LogP contribution in [0.3, 0.4) is 0 Å². The SMILES string of the molecule is N#Cc1ccc2cc(-c3ccc(-c4cc5c6ccccc6c(-c6cccc(-c7nc(-c8ccccc8)nc(-c8ccccc8)n7)c6)cc5c5ccccc45)cc3)ccc2c1. The Kier molecular flexibility index (Phi) is 8.50. The zero-order valence-corrected chi connectivity index (χ0v) is 32.4. The lowest BCUT2D eigenvalue weighted by molar-refractivity contribution is 1.07. The van der Waals surface area contributed by atoms with Crippen LogP contribution in [0.15, 0.2) is 206 Å². The van der Waals surface area contributed by atoms with Gasteiger partial charge in [-0.2, -0.15) is 5.26 Å². The maximum atomic E-state index is 9.35. The van der Waals surface area contributed by atoms with Crippen molar-refractivity contribution in [2.24, 2.45) is 0 Å². The first-order chi connectivity index (χ1) is 29.7. The standard InChI is InChI=1S/C56H34N4/c57-35-36-22-23-43-31-42(29-28-41(43)30-36)37-24-26-38(27-25-37)50-33-52-49-21-10-8-19-47(49)51(34-53(52)48-20-9-7-18-46(48)50)44-16-11-17-45(32-44)56-59-54(39-12-3-1-4-13-39)58-55(60-56)40-14-5-2-6-15-40/h1-34H. The van der Waals surface area contributed by atoms with Gasteiger partial charge in [0.05, 0.1) is 11.6 Å². The van der Waals surface area contributed by atoms with Crippen molar-refractivity contribution >= 4 is 43.1 Å². The van der Waals surface area contributed by atoms with Gasteiger partial charge in [0, 0.05) is 16.7 Å². The van der Waals surface area contributed by atoms with Crippen LogP contribution in [0, 0.1) is 11.3 Å². The van der Waals surface area contributed by atoms with E-state index in [4.69, 9.17) is 15.0 Å². The summed E-state index contributed by atoms with van der Waals surface area (Å²) < 4.78 is 0. The predicted molar refractivity (Wildman–Crippen MR) is 247 cm³/mol. The molecule has 60 heavy (non-hydrogen) atoms. The smallest absolute Gasteiger partial charge is 0.164 e. The molecule has 278 valence electrons. The Morgan fingerprint density at radius 1 is 0.283 bits per heavy atom. The van der Waals surface area contributed by atoms with Crippen molar-refractivity contribution in [2.45, 2.75) is 0 Å². The van der Waals surface area contributed by atoms with Crippen LogP contribution in [-0.2, 0) is 0 Å². The second-order valence-corrected chi connectivity index (χ2v) is 15.1. The monoisotopic (exact) mass is 762 g/mol. The molecule has 0 amide bonds. The molecule has 0 aliphatic rings. The maximum Gasteiger partial charge on any atom is 0.164 e. The number of nitrogens with zero attached hydrogens (tertiary/aromatic N) is 4. The molecular formula is C56H34N4. The molecule has 0 saturated heterocycles. The zero-order chi connectivity index (χ0) is 40.0. The minimum Gasteiger partial charge on any atom is -0.208 e. The van der Waals surface area contributed by atoms with Crippen LogP contribution in [-0.4, -0.2) is 15.0 Å². The van der Waals surface area contributed by atoms with Gasteiger partial charge in [-0.1, -0.05) is 170 Å². The fourth-order valence-corrected chi connectivity index (χ4v) is 8.53. The summed E-state index contributed by atoms with van der Waals surface area (Å²) in [6.45, 7) is 0. The molecule has 0 saturated carbocycles. The van der Waals surface area contributed by atoms with Gasteiger partial charge in [0.15, 0.2) is 17.5 Å². The quantitative estimate of drug-likeness (QED) is 0.158. The lowest BCUT2D eigenvalue weighted by Crippen LogP contribution is -2.00. The Labute approximate surface area is 347 Å². The van der Waals surface area contributed by atoms with Gasteiger partial charge in [0.2, 0.25) is 0 Å². The second kappa shape index (κ2) is 14.6. The van der Waals surface area contributed by atoms with Crippen molar-refractivity contribution in [2.75, 3.05) is 0 Å². The molecule has 0 spiro atoms.